The summed E-state index contributed by atoms with van der Waals surface area (Å²) in [7, 11) is 3.04. The van der Waals surface area contributed by atoms with Crippen LogP contribution in [0.15, 0.2) is 46.5 Å². The molecule has 0 aliphatic carbocycles. The summed E-state index contributed by atoms with van der Waals surface area (Å²) in [6, 6.07) is 7.52. The van der Waals surface area contributed by atoms with E-state index in [2.05, 4.69) is 15.0 Å². The largest absolute Gasteiger partial charge is 0.332 e. The smallest absolute Gasteiger partial charge is 0.280 e. The van der Waals surface area contributed by atoms with E-state index in [1.165, 1.54) is 24.3 Å². The average Bonchev–Trinajstić information content (AvgIpc) is 3.02. The van der Waals surface area contributed by atoms with Gasteiger partial charge in [0.2, 0.25) is 0 Å². The molecule has 0 fully saturated rings. The number of nitrogens with zero attached hydrogens (tertiary/aromatic N) is 6. The number of aryl methyl sites for hydroxylation is 1. The summed E-state index contributed by atoms with van der Waals surface area (Å²) in [4.78, 5) is 37.2. The minimum Gasteiger partial charge on any atom is -0.280 e. The Balaban J connectivity index is 2.19. The Morgan fingerprint density at radius 2 is 1.74 bits per heavy atom. The molecule has 8 heteroatoms. The zero-order chi connectivity index (χ0) is 16.1. The van der Waals surface area contributed by atoms with Crippen molar-refractivity contribution in [3.63, 3.8) is 0 Å². The van der Waals surface area contributed by atoms with Gasteiger partial charge in [0, 0.05) is 19.5 Å². The fraction of sp³-hybridized carbons (Fsp3) is 0.133. The number of benzene rings is 1. The van der Waals surface area contributed by atoms with E-state index >= 15 is 0 Å². The van der Waals surface area contributed by atoms with Crippen LogP contribution in [-0.4, -0.2) is 28.7 Å². The third kappa shape index (κ3) is 1.75. The number of rotatable bonds is 1. The van der Waals surface area contributed by atoms with Crippen molar-refractivity contribution < 1.29 is 0 Å². The Labute approximate surface area is 129 Å². The van der Waals surface area contributed by atoms with E-state index in [1.807, 2.05) is 24.3 Å². The number of hydrogen-bond donors (Lipinski definition) is 0. The fourth-order valence-corrected chi connectivity index (χ4v) is 2.71. The van der Waals surface area contributed by atoms with Crippen LogP contribution in [0.1, 0.15) is 0 Å². The van der Waals surface area contributed by atoms with Gasteiger partial charge >= 0.3 is 5.69 Å². The summed E-state index contributed by atoms with van der Waals surface area (Å²) in [5.74, 6) is 0.571. The van der Waals surface area contributed by atoms with E-state index < -0.39 is 11.2 Å². The average molecular weight is 308 g/mol. The maximum Gasteiger partial charge on any atom is 0.332 e. The molecule has 23 heavy (non-hydrogen) atoms. The minimum absolute atomic E-state index is 0.220. The zero-order valence-corrected chi connectivity index (χ0v) is 12.5. The van der Waals surface area contributed by atoms with Gasteiger partial charge in [-0.1, -0.05) is 12.1 Å². The number of fused-ring (bicyclic) bond motifs is 2. The second-order valence-electron chi connectivity index (χ2n) is 5.21. The molecule has 8 nitrogen and oxygen atoms in total. The van der Waals surface area contributed by atoms with Gasteiger partial charge in [-0.25, -0.2) is 19.7 Å². The summed E-state index contributed by atoms with van der Waals surface area (Å²) in [5.41, 5.74) is 0.551. The number of para-hydroxylation sites is 1. The number of aromatic nitrogens is 6. The minimum atomic E-state index is -0.430. The summed E-state index contributed by atoms with van der Waals surface area (Å²) >= 11 is 0. The van der Waals surface area contributed by atoms with Crippen molar-refractivity contribution >= 4 is 22.1 Å². The van der Waals surface area contributed by atoms with E-state index in [-0.39, 0.29) is 5.52 Å². The Morgan fingerprint density at radius 3 is 2.57 bits per heavy atom. The topological polar surface area (TPSA) is 87.6 Å². The third-order valence-corrected chi connectivity index (χ3v) is 3.89. The first-order valence-electron chi connectivity index (χ1n) is 6.93. The lowest BCUT2D eigenvalue weighted by Gasteiger charge is -2.09. The van der Waals surface area contributed by atoms with Crippen molar-refractivity contribution in [1.82, 2.24) is 28.7 Å². The van der Waals surface area contributed by atoms with E-state index in [4.69, 9.17) is 0 Å². The molecule has 4 aromatic rings. The van der Waals surface area contributed by atoms with Crippen LogP contribution in [-0.2, 0) is 14.1 Å². The van der Waals surface area contributed by atoms with E-state index in [1.54, 1.807) is 11.6 Å². The molecule has 0 spiro atoms. The molecule has 1 aromatic carbocycles. The van der Waals surface area contributed by atoms with Crippen molar-refractivity contribution in [2.24, 2.45) is 14.1 Å². The SMILES string of the molecule is Cn1c(=O)c2ncn(-c3ncnc4ccccc34)c2n(C)c1=O. The molecular weight excluding hydrogens is 296 g/mol. The third-order valence-electron chi connectivity index (χ3n) is 3.89. The highest BCUT2D eigenvalue weighted by molar-refractivity contribution is 5.87. The van der Waals surface area contributed by atoms with Crippen molar-refractivity contribution in [1.29, 1.82) is 0 Å². The molecule has 0 aliphatic heterocycles. The lowest BCUT2D eigenvalue weighted by Crippen LogP contribution is -2.37. The molecule has 3 heterocycles. The highest BCUT2D eigenvalue weighted by atomic mass is 16.2. The van der Waals surface area contributed by atoms with Gasteiger partial charge in [-0.3, -0.25) is 18.5 Å². The predicted octanol–water partition coefficient (Wildman–Crippen LogP) is 0.366. The first-order chi connectivity index (χ1) is 11.1. The fourth-order valence-electron chi connectivity index (χ4n) is 2.71. The second kappa shape index (κ2) is 4.60. The Bertz CT molecular complexity index is 1180. The van der Waals surface area contributed by atoms with Gasteiger partial charge in [0.25, 0.3) is 5.56 Å². The quantitative estimate of drug-likeness (QED) is 0.507. The summed E-state index contributed by atoms with van der Waals surface area (Å²) in [6.07, 6.45) is 2.95. The molecule has 0 radical (unpaired) electrons. The maximum atomic E-state index is 12.3. The molecule has 114 valence electrons. The monoisotopic (exact) mass is 308 g/mol. The van der Waals surface area contributed by atoms with Crippen LogP contribution in [0.2, 0.25) is 0 Å². The van der Waals surface area contributed by atoms with Crippen LogP contribution in [0.5, 0.6) is 0 Å². The van der Waals surface area contributed by atoms with Crippen LogP contribution in [0.3, 0.4) is 0 Å². The number of hydrogen-bond acceptors (Lipinski definition) is 5. The van der Waals surface area contributed by atoms with E-state index in [0.717, 1.165) is 15.5 Å². The molecule has 0 N–H and O–H groups in total. The molecule has 0 amide bonds. The summed E-state index contributed by atoms with van der Waals surface area (Å²) in [5, 5.41) is 0.808. The highest BCUT2D eigenvalue weighted by Gasteiger charge is 2.17. The van der Waals surface area contributed by atoms with E-state index in [9.17, 15) is 9.59 Å². The van der Waals surface area contributed by atoms with Gasteiger partial charge in [-0.15, -0.1) is 0 Å². The van der Waals surface area contributed by atoms with Gasteiger partial charge in [0.15, 0.2) is 17.0 Å². The van der Waals surface area contributed by atoms with Gasteiger partial charge < -0.3 is 0 Å². The van der Waals surface area contributed by atoms with Gasteiger partial charge in [0.05, 0.1) is 5.52 Å². The molecule has 0 unspecified atom stereocenters. The first kappa shape index (κ1) is 13.4. The number of imidazole rings is 1. The summed E-state index contributed by atoms with van der Waals surface area (Å²) in [6.45, 7) is 0. The first-order valence-corrected chi connectivity index (χ1v) is 6.93. The van der Waals surface area contributed by atoms with Crippen LogP contribution in [0.4, 0.5) is 0 Å². The van der Waals surface area contributed by atoms with Crippen LogP contribution >= 0.6 is 0 Å². The van der Waals surface area contributed by atoms with Crippen molar-refractivity contribution in [3.05, 3.63) is 57.8 Å². The molecule has 0 saturated heterocycles. The molecule has 0 saturated carbocycles. The van der Waals surface area contributed by atoms with E-state index in [0.29, 0.717) is 11.5 Å². The molecule has 4 rings (SSSR count). The van der Waals surface area contributed by atoms with Gasteiger partial charge in [-0.2, -0.15) is 0 Å². The van der Waals surface area contributed by atoms with Gasteiger partial charge in [0.1, 0.15) is 12.7 Å². The predicted molar refractivity (Wildman–Crippen MR) is 84.6 cm³/mol. The van der Waals surface area contributed by atoms with Crippen molar-refractivity contribution in [2.75, 3.05) is 0 Å². The Hall–Kier alpha value is -3.29. The standard InChI is InChI=1S/C15H12N6O2/c1-19-13-11(14(22)20(2)15(19)23)18-8-21(13)12-9-5-3-4-6-10(9)16-7-17-12/h3-8H,1-2H3. The highest BCUT2D eigenvalue weighted by Crippen LogP contribution is 2.20. The Morgan fingerprint density at radius 1 is 0.957 bits per heavy atom. The van der Waals surface area contributed by atoms with Gasteiger partial charge in [-0.05, 0) is 12.1 Å². The molecular formula is C15H12N6O2. The second-order valence-corrected chi connectivity index (χ2v) is 5.21. The summed E-state index contributed by atoms with van der Waals surface area (Å²) < 4.78 is 4.07. The lowest BCUT2D eigenvalue weighted by atomic mass is 10.2. The maximum absolute atomic E-state index is 12.3. The molecule has 0 aliphatic rings. The van der Waals surface area contributed by atoms with Crippen molar-refractivity contribution in [2.45, 2.75) is 0 Å². The lowest BCUT2D eigenvalue weighted by molar-refractivity contribution is 0.703. The zero-order valence-electron chi connectivity index (χ0n) is 12.5. The molecule has 0 bridgehead atoms. The Kier molecular flexibility index (Phi) is 2.68. The molecule has 0 atom stereocenters. The van der Waals surface area contributed by atoms with Crippen LogP contribution < -0.4 is 11.2 Å². The normalized spacial score (nSPS) is 11.4. The van der Waals surface area contributed by atoms with Crippen LogP contribution in [0.25, 0.3) is 27.9 Å². The van der Waals surface area contributed by atoms with Crippen molar-refractivity contribution in [3.8, 4) is 5.82 Å². The van der Waals surface area contributed by atoms with Crippen LogP contribution in [0, 0.1) is 0 Å². The molecule has 3 aromatic heterocycles.